The van der Waals surface area contributed by atoms with Crippen LogP contribution in [0.5, 0.6) is 0 Å². The Hall–Kier alpha value is -3.13. The molecule has 3 aromatic rings. The number of anilines is 1. The molecular weight excluding hydrogens is 364 g/mol. The Labute approximate surface area is 159 Å². The summed E-state index contributed by atoms with van der Waals surface area (Å²) in [6, 6.07) is 15.7. The minimum Gasteiger partial charge on any atom is -0.306 e. The minimum absolute atomic E-state index is 0.0191. The van der Waals surface area contributed by atoms with Crippen LogP contribution in [0.2, 0.25) is 0 Å². The number of thioether (sulfide) groups is 1. The predicted octanol–water partition coefficient (Wildman–Crippen LogP) is 3.92. The SMILES string of the molecule is O=C(c1ccn(-c2cccc([N+](=O)[O-])c2)n1)N1CCCSc2ccccc21. The lowest BCUT2D eigenvalue weighted by Crippen LogP contribution is -2.32. The highest BCUT2D eigenvalue weighted by molar-refractivity contribution is 7.99. The lowest BCUT2D eigenvalue weighted by Gasteiger charge is -2.21. The number of non-ortho nitro benzene ring substituents is 1. The molecule has 4 rings (SSSR count). The van der Waals surface area contributed by atoms with Gasteiger partial charge in [-0.05, 0) is 36.4 Å². The fourth-order valence-corrected chi connectivity index (χ4v) is 4.00. The van der Waals surface area contributed by atoms with E-state index in [0.717, 1.165) is 22.8 Å². The van der Waals surface area contributed by atoms with Gasteiger partial charge in [-0.15, -0.1) is 11.8 Å². The van der Waals surface area contributed by atoms with Crippen LogP contribution >= 0.6 is 11.8 Å². The Morgan fingerprint density at radius 2 is 2.00 bits per heavy atom. The Morgan fingerprint density at radius 1 is 1.15 bits per heavy atom. The summed E-state index contributed by atoms with van der Waals surface area (Å²) in [5.41, 5.74) is 1.72. The molecule has 0 atom stereocenters. The lowest BCUT2D eigenvalue weighted by atomic mass is 10.2. The van der Waals surface area contributed by atoms with Gasteiger partial charge in [0.2, 0.25) is 0 Å². The van der Waals surface area contributed by atoms with Crippen molar-refractivity contribution in [1.29, 1.82) is 0 Å². The van der Waals surface area contributed by atoms with Crippen LogP contribution in [0.25, 0.3) is 5.69 Å². The summed E-state index contributed by atoms with van der Waals surface area (Å²) in [7, 11) is 0. The number of hydrogen-bond acceptors (Lipinski definition) is 5. The van der Waals surface area contributed by atoms with Crippen LogP contribution in [0.15, 0.2) is 65.7 Å². The number of fused-ring (bicyclic) bond motifs is 1. The summed E-state index contributed by atoms with van der Waals surface area (Å²) < 4.78 is 1.48. The molecule has 1 aliphatic heterocycles. The van der Waals surface area contributed by atoms with Crippen LogP contribution in [-0.4, -0.2) is 32.9 Å². The van der Waals surface area contributed by atoms with Crippen LogP contribution < -0.4 is 4.90 Å². The van der Waals surface area contributed by atoms with Gasteiger partial charge in [-0.2, -0.15) is 5.10 Å². The Kier molecular flexibility index (Phi) is 4.64. The zero-order valence-corrected chi connectivity index (χ0v) is 15.1. The van der Waals surface area contributed by atoms with Crippen LogP contribution in [0, 0.1) is 10.1 Å². The van der Waals surface area contributed by atoms with E-state index in [-0.39, 0.29) is 11.6 Å². The number of rotatable bonds is 3. The Balaban J connectivity index is 1.65. The standard InChI is InChI=1S/C19H16N4O3S/c24-19(21-10-4-12-27-18-8-2-1-7-17(18)21)16-9-11-22(20-16)14-5-3-6-15(13-14)23(25)26/h1-3,5-9,11,13H,4,10,12H2. The van der Waals surface area contributed by atoms with Crippen molar-refractivity contribution in [3.8, 4) is 5.69 Å². The number of benzene rings is 2. The highest BCUT2D eigenvalue weighted by Gasteiger charge is 2.24. The number of carbonyl (C=O) groups excluding carboxylic acids is 1. The molecule has 2 heterocycles. The summed E-state index contributed by atoms with van der Waals surface area (Å²) in [6.45, 7) is 0.631. The molecule has 7 nitrogen and oxygen atoms in total. The van der Waals surface area contributed by atoms with Crippen molar-refractivity contribution in [1.82, 2.24) is 9.78 Å². The Morgan fingerprint density at radius 3 is 2.85 bits per heavy atom. The lowest BCUT2D eigenvalue weighted by molar-refractivity contribution is -0.384. The van der Waals surface area contributed by atoms with Gasteiger partial charge in [-0.3, -0.25) is 14.9 Å². The zero-order chi connectivity index (χ0) is 18.8. The van der Waals surface area contributed by atoms with E-state index < -0.39 is 4.92 Å². The fraction of sp³-hybridized carbons (Fsp3) is 0.158. The number of amides is 1. The quantitative estimate of drug-likeness (QED) is 0.508. The smallest absolute Gasteiger partial charge is 0.278 e. The second-order valence-corrected chi connectivity index (χ2v) is 7.19. The average molecular weight is 380 g/mol. The minimum atomic E-state index is -0.453. The third-order valence-corrected chi connectivity index (χ3v) is 5.45. The predicted molar refractivity (Wildman–Crippen MR) is 104 cm³/mol. The third-order valence-electron chi connectivity index (χ3n) is 4.30. The number of aromatic nitrogens is 2. The van der Waals surface area contributed by atoms with Crippen LogP contribution in [0.1, 0.15) is 16.9 Å². The van der Waals surface area contributed by atoms with E-state index >= 15 is 0 Å². The highest BCUT2D eigenvalue weighted by atomic mass is 32.2. The number of hydrogen-bond donors (Lipinski definition) is 0. The zero-order valence-electron chi connectivity index (χ0n) is 14.3. The van der Waals surface area contributed by atoms with Gasteiger partial charge in [0.25, 0.3) is 11.6 Å². The normalized spacial score (nSPS) is 13.7. The molecule has 0 fully saturated rings. The molecule has 8 heteroatoms. The second kappa shape index (κ2) is 7.24. The molecule has 2 aromatic carbocycles. The molecule has 1 aliphatic rings. The van der Waals surface area contributed by atoms with Gasteiger partial charge in [-0.25, -0.2) is 4.68 Å². The van der Waals surface area contributed by atoms with E-state index in [9.17, 15) is 14.9 Å². The van der Waals surface area contributed by atoms with Gasteiger partial charge in [0.15, 0.2) is 5.69 Å². The van der Waals surface area contributed by atoms with Crippen molar-refractivity contribution in [3.05, 3.63) is 76.6 Å². The number of nitro benzene ring substituents is 1. The second-order valence-electron chi connectivity index (χ2n) is 6.05. The molecular formula is C19H16N4O3S. The Bertz CT molecular complexity index is 1020. The topological polar surface area (TPSA) is 81.3 Å². The van der Waals surface area contributed by atoms with E-state index in [1.54, 1.807) is 41.1 Å². The first-order valence-corrected chi connectivity index (χ1v) is 9.46. The molecule has 0 unspecified atom stereocenters. The summed E-state index contributed by atoms with van der Waals surface area (Å²) in [5, 5.41) is 15.3. The number of carbonyl (C=O) groups is 1. The number of nitro groups is 1. The molecule has 0 radical (unpaired) electrons. The summed E-state index contributed by atoms with van der Waals surface area (Å²) in [6.07, 6.45) is 2.54. The van der Waals surface area contributed by atoms with Crippen LogP contribution in [0.3, 0.4) is 0 Å². The summed E-state index contributed by atoms with van der Waals surface area (Å²) >= 11 is 1.75. The van der Waals surface area contributed by atoms with E-state index in [4.69, 9.17) is 0 Å². The van der Waals surface area contributed by atoms with Gasteiger partial charge < -0.3 is 4.90 Å². The molecule has 0 spiro atoms. The molecule has 1 aromatic heterocycles. The number of nitrogens with zero attached hydrogens (tertiary/aromatic N) is 4. The van der Waals surface area contributed by atoms with E-state index in [1.165, 1.54) is 16.8 Å². The van der Waals surface area contributed by atoms with Crippen molar-refractivity contribution in [2.45, 2.75) is 11.3 Å². The molecule has 0 saturated heterocycles. The van der Waals surface area contributed by atoms with Gasteiger partial charge in [0.1, 0.15) is 0 Å². The van der Waals surface area contributed by atoms with Crippen molar-refractivity contribution >= 4 is 29.0 Å². The largest absolute Gasteiger partial charge is 0.306 e. The van der Waals surface area contributed by atoms with E-state index in [0.29, 0.717) is 17.9 Å². The molecule has 0 N–H and O–H groups in total. The molecule has 0 saturated carbocycles. The first kappa shape index (κ1) is 17.3. The van der Waals surface area contributed by atoms with Crippen molar-refractivity contribution < 1.29 is 9.72 Å². The summed E-state index contributed by atoms with van der Waals surface area (Å²) in [5.74, 6) is 0.789. The van der Waals surface area contributed by atoms with Crippen molar-refractivity contribution in [2.24, 2.45) is 0 Å². The average Bonchev–Trinajstić information content (AvgIpc) is 3.09. The maximum atomic E-state index is 13.1. The molecule has 1 amide bonds. The highest BCUT2D eigenvalue weighted by Crippen LogP contribution is 2.34. The molecule has 0 bridgehead atoms. The van der Waals surface area contributed by atoms with Crippen molar-refractivity contribution in [3.63, 3.8) is 0 Å². The fourth-order valence-electron chi connectivity index (χ4n) is 3.01. The third kappa shape index (κ3) is 3.43. The van der Waals surface area contributed by atoms with Gasteiger partial charge in [0, 0.05) is 29.8 Å². The maximum Gasteiger partial charge on any atom is 0.278 e. The van der Waals surface area contributed by atoms with Crippen molar-refractivity contribution in [2.75, 3.05) is 17.2 Å². The van der Waals surface area contributed by atoms with Crippen LogP contribution in [0.4, 0.5) is 11.4 Å². The van der Waals surface area contributed by atoms with E-state index in [1.807, 2.05) is 24.3 Å². The summed E-state index contributed by atoms with van der Waals surface area (Å²) in [4.78, 5) is 26.4. The van der Waals surface area contributed by atoms with E-state index in [2.05, 4.69) is 5.10 Å². The molecule has 27 heavy (non-hydrogen) atoms. The van der Waals surface area contributed by atoms with Gasteiger partial charge in [-0.1, -0.05) is 18.2 Å². The maximum absolute atomic E-state index is 13.1. The van der Waals surface area contributed by atoms with Crippen LogP contribution in [-0.2, 0) is 0 Å². The number of para-hydroxylation sites is 1. The van der Waals surface area contributed by atoms with Gasteiger partial charge in [0.05, 0.1) is 16.3 Å². The first-order chi connectivity index (χ1) is 13.1. The van der Waals surface area contributed by atoms with Gasteiger partial charge >= 0.3 is 0 Å². The molecule has 0 aliphatic carbocycles. The first-order valence-electron chi connectivity index (χ1n) is 8.48. The monoisotopic (exact) mass is 380 g/mol. The molecule has 136 valence electrons.